The molecule has 0 atom stereocenters. The van der Waals surface area contributed by atoms with Gasteiger partial charge in [0, 0.05) is 25.6 Å². The van der Waals surface area contributed by atoms with Crippen molar-refractivity contribution in [2.45, 2.75) is 46.0 Å². The fraction of sp³-hybridized carbons (Fsp3) is 0.875. The van der Waals surface area contributed by atoms with Crippen LogP contribution in [0.1, 0.15) is 46.0 Å². The van der Waals surface area contributed by atoms with Crippen LogP contribution in [0.5, 0.6) is 0 Å². The summed E-state index contributed by atoms with van der Waals surface area (Å²) in [6.07, 6.45) is 5.20. The van der Waals surface area contributed by atoms with E-state index in [-0.39, 0.29) is 11.8 Å². The fourth-order valence-electron chi connectivity index (χ4n) is 2.67. The van der Waals surface area contributed by atoms with E-state index in [4.69, 9.17) is 5.73 Å². The number of unbranched alkanes of at least 4 members (excludes halogenated alkanes) is 1. The van der Waals surface area contributed by atoms with E-state index in [2.05, 4.69) is 34.4 Å². The number of nitrogens with zero attached hydrogens (tertiary/aromatic N) is 2. The van der Waals surface area contributed by atoms with E-state index in [0.717, 1.165) is 70.9 Å². The highest BCUT2D eigenvalue weighted by atomic mass is 16.1. The first kappa shape index (κ1) is 18.7. The Labute approximate surface area is 134 Å². The number of aliphatic imine (C=N–C) groups is 1. The molecular formula is C16H33N5O. The summed E-state index contributed by atoms with van der Waals surface area (Å²) >= 11 is 0. The van der Waals surface area contributed by atoms with Crippen LogP contribution in [0.4, 0.5) is 0 Å². The monoisotopic (exact) mass is 311 g/mol. The van der Waals surface area contributed by atoms with Gasteiger partial charge in [0.25, 0.3) is 0 Å². The maximum atomic E-state index is 11.1. The standard InChI is InChI=1S/C16H33N5O/c1-3-9-19-16(18-4-2)20-10-5-6-11-21-12-7-14(8-13-21)15(17)22/h14H,3-13H2,1-2H3,(H2,17,22)(H2,18,19,20). The summed E-state index contributed by atoms with van der Waals surface area (Å²) in [5.41, 5.74) is 5.36. The molecule has 22 heavy (non-hydrogen) atoms. The van der Waals surface area contributed by atoms with Gasteiger partial charge >= 0.3 is 0 Å². The topological polar surface area (TPSA) is 82.8 Å². The molecule has 0 saturated carbocycles. The van der Waals surface area contributed by atoms with Crippen LogP contribution in [0, 0.1) is 5.92 Å². The van der Waals surface area contributed by atoms with Crippen molar-refractivity contribution >= 4 is 11.9 Å². The van der Waals surface area contributed by atoms with E-state index in [1.165, 1.54) is 6.42 Å². The van der Waals surface area contributed by atoms with E-state index >= 15 is 0 Å². The van der Waals surface area contributed by atoms with Crippen LogP contribution < -0.4 is 16.4 Å². The summed E-state index contributed by atoms with van der Waals surface area (Å²) in [5.74, 6) is 0.883. The molecule has 4 N–H and O–H groups in total. The Morgan fingerprint density at radius 3 is 2.55 bits per heavy atom. The quantitative estimate of drug-likeness (QED) is 0.336. The van der Waals surface area contributed by atoms with Gasteiger partial charge in [0.1, 0.15) is 0 Å². The highest BCUT2D eigenvalue weighted by molar-refractivity contribution is 5.79. The maximum absolute atomic E-state index is 11.1. The first-order chi connectivity index (χ1) is 10.7. The fourth-order valence-corrected chi connectivity index (χ4v) is 2.67. The van der Waals surface area contributed by atoms with E-state index < -0.39 is 0 Å². The van der Waals surface area contributed by atoms with Crippen molar-refractivity contribution in [1.82, 2.24) is 15.5 Å². The SMILES string of the molecule is CCCN=C(NCC)NCCCCN1CCC(C(N)=O)CC1. The van der Waals surface area contributed by atoms with E-state index in [1.807, 2.05) is 0 Å². The van der Waals surface area contributed by atoms with Crippen LogP contribution in [0.2, 0.25) is 0 Å². The van der Waals surface area contributed by atoms with Gasteiger partial charge in [-0.1, -0.05) is 6.92 Å². The molecule has 1 saturated heterocycles. The van der Waals surface area contributed by atoms with Gasteiger partial charge in [-0.05, 0) is 58.7 Å². The Morgan fingerprint density at radius 1 is 1.23 bits per heavy atom. The number of primary amides is 1. The molecule has 0 aromatic heterocycles. The lowest BCUT2D eigenvalue weighted by molar-refractivity contribution is -0.123. The second-order valence-corrected chi connectivity index (χ2v) is 5.91. The van der Waals surface area contributed by atoms with Crippen molar-refractivity contribution < 1.29 is 4.79 Å². The number of likely N-dealkylation sites (tertiary alicyclic amines) is 1. The third kappa shape index (κ3) is 7.64. The molecule has 6 nitrogen and oxygen atoms in total. The van der Waals surface area contributed by atoms with Crippen molar-refractivity contribution in [2.75, 3.05) is 39.3 Å². The Kier molecular flexibility index (Phi) is 9.62. The molecular weight excluding hydrogens is 278 g/mol. The summed E-state index contributed by atoms with van der Waals surface area (Å²) in [5, 5.41) is 6.63. The van der Waals surface area contributed by atoms with E-state index in [9.17, 15) is 4.79 Å². The van der Waals surface area contributed by atoms with Gasteiger partial charge in [0.05, 0.1) is 0 Å². The lowest BCUT2D eigenvalue weighted by Gasteiger charge is -2.30. The van der Waals surface area contributed by atoms with Crippen molar-refractivity contribution in [3.8, 4) is 0 Å². The smallest absolute Gasteiger partial charge is 0.220 e. The zero-order valence-corrected chi connectivity index (χ0v) is 14.2. The van der Waals surface area contributed by atoms with Gasteiger partial charge < -0.3 is 21.3 Å². The average Bonchev–Trinajstić information content (AvgIpc) is 2.52. The molecule has 1 fully saturated rings. The summed E-state index contributed by atoms with van der Waals surface area (Å²) in [6, 6.07) is 0. The van der Waals surface area contributed by atoms with E-state index in [1.54, 1.807) is 0 Å². The summed E-state index contributed by atoms with van der Waals surface area (Å²) in [7, 11) is 0. The van der Waals surface area contributed by atoms with Crippen LogP contribution >= 0.6 is 0 Å². The minimum Gasteiger partial charge on any atom is -0.369 e. The highest BCUT2D eigenvalue weighted by Crippen LogP contribution is 2.16. The third-order valence-electron chi connectivity index (χ3n) is 4.02. The number of hydrogen-bond donors (Lipinski definition) is 3. The predicted molar refractivity (Wildman–Crippen MR) is 91.9 cm³/mol. The third-order valence-corrected chi connectivity index (χ3v) is 4.02. The van der Waals surface area contributed by atoms with Crippen molar-refractivity contribution in [2.24, 2.45) is 16.6 Å². The molecule has 0 spiro atoms. The molecule has 128 valence electrons. The molecule has 1 aliphatic heterocycles. The molecule has 0 aliphatic carbocycles. The largest absolute Gasteiger partial charge is 0.369 e. The molecule has 0 bridgehead atoms. The number of piperidine rings is 1. The second-order valence-electron chi connectivity index (χ2n) is 5.91. The van der Waals surface area contributed by atoms with Crippen molar-refractivity contribution in [3.63, 3.8) is 0 Å². The van der Waals surface area contributed by atoms with Gasteiger partial charge in [-0.3, -0.25) is 9.79 Å². The van der Waals surface area contributed by atoms with Crippen LogP contribution in [0.3, 0.4) is 0 Å². The Balaban J connectivity index is 2.09. The van der Waals surface area contributed by atoms with Gasteiger partial charge in [-0.25, -0.2) is 0 Å². The normalized spacial score (nSPS) is 17.5. The minimum atomic E-state index is -0.133. The molecule has 1 aliphatic rings. The molecule has 1 amide bonds. The maximum Gasteiger partial charge on any atom is 0.220 e. The summed E-state index contributed by atoms with van der Waals surface area (Å²) < 4.78 is 0. The Bertz CT molecular complexity index is 337. The lowest BCUT2D eigenvalue weighted by atomic mass is 9.96. The number of guanidine groups is 1. The first-order valence-corrected chi connectivity index (χ1v) is 8.71. The highest BCUT2D eigenvalue weighted by Gasteiger charge is 2.22. The van der Waals surface area contributed by atoms with Crippen LogP contribution in [-0.4, -0.2) is 56.0 Å². The molecule has 1 rings (SSSR count). The number of hydrogen-bond acceptors (Lipinski definition) is 3. The number of amides is 1. The molecule has 0 radical (unpaired) electrons. The number of nitrogens with one attached hydrogen (secondary N) is 2. The van der Waals surface area contributed by atoms with Crippen LogP contribution in [0.25, 0.3) is 0 Å². The Morgan fingerprint density at radius 2 is 1.95 bits per heavy atom. The summed E-state index contributed by atoms with van der Waals surface area (Å²) in [4.78, 5) is 18.1. The zero-order valence-electron chi connectivity index (χ0n) is 14.2. The Hall–Kier alpha value is -1.30. The molecule has 1 heterocycles. The molecule has 6 heteroatoms. The van der Waals surface area contributed by atoms with Gasteiger partial charge in [0.2, 0.25) is 5.91 Å². The second kappa shape index (κ2) is 11.3. The lowest BCUT2D eigenvalue weighted by Crippen LogP contribution is -2.39. The van der Waals surface area contributed by atoms with Crippen LogP contribution in [0.15, 0.2) is 4.99 Å². The van der Waals surface area contributed by atoms with Crippen molar-refractivity contribution in [1.29, 1.82) is 0 Å². The van der Waals surface area contributed by atoms with Crippen LogP contribution in [-0.2, 0) is 4.79 Å². The number of carbonyl (C=O) groups is 1. The van der Waals surface area contributed by atoms with Gasteiger partial charge in [0.15, 0.2) is 5.96 Å². The number of rotatable bonds is 9. The number of nitrogens with two attached hydrogens (primary N) is 1. The van der Waals surface area contributed by atoms with Crippen molar-refractivity contribution in [3.05, 3.63) is 0 Å². The predicted octanol–water partition coefficient (Wildman–Crippen LogP) is 0.929. The van der Waals surface area contributed by atoms with Gasteiger partial charge in [-0.15, -0.1) is 0 Å². The molecule has 0 aromatic rings. The zero-order chi connectivity index (χ0) is 16.2. The van der Waals surface area contributed by atoms with E-state index in [0.29, 0.717) is 0 Å². The first-order valence-electron chi connectivity index (χ1n) is 8.71. The molecule has 0 aromatic carbocycles. The minimum absolute atomic E-state index is 0.0929. The average molecular weight is 311 g/mol. The number of carbonyl (C=O) groups excluding carboxylic acids is 1. The summed E-state index contributed by atoms with van der Waals surface area (Å²) in [6.45, 7) is 10.0. The molecule has 0 unspecified atom stereocenters. The van der Waals surface area contributed by atoms with Gasteiger partial charge in [-0.2, -0.15) is 0 Å².